The van der Waals surface area contributed by atoms with Crippen molar-refractivity contribution in [3.63, 3.8) is 0 Å². The van der Waals surface area contributed by atoms with Gasteiger partial charge in [0.25, 0.3) is 5.91 Å². The molecular formula is C21H18N6O2. The van der Waals surface area contributed by atoms with Crippen LogP contribution in [0.4, 0.5) is 5.82 Å². The smallest absolute Gasteiger partial charge is 0.250 e. The summed E-state index contributed by atoms with van der Waals surface area (Å²) in [7, 11) is 0. The van der Waals surface area contributed by atoms with Gasteiger partial charge in [-0.3, -0.25) is 9.20 Å². The quantitative estimate of drug-likeness (QED) is 0.546. The first-order chi connectivity index (χ1) is 14.2. The second-order valence-electron chi connectivity index (χ2n) is 6.78. The van der Waals surface area contributed by atoms with Crippen molar-refractivity contribution < 1.29 is 9.53 Å². The number of hydrogen-bond donors (Lipinski definition) is 2. The van der Waals surface area contributed by atoms with Crippen LogP contribution in [0, 0.1) is 0 Å². The van der Waals surface area contributed by atoms with Crippen LogP contribution < -0.4 is 11.1 Å². The molecule has 1 aliphatic rings. The molecular weight excluding hydrogens is 368 g/mol. The Morgan fingerprint density at radius 3 is 2.83 bits per heavy atom. The Bertz CT molecular complexity index is 1220. The molecule has 0 radical (unpaired) electrons. The molecule has 144 valence electrons. The number of primary amides is 1. The van der Waals surface area contributed by atoms with Crippen molar-refractivity contribution in [1.29, 1.82) is 0 Å². The summed E-state index contributed by atoms with van der Waals surface area (Å²) in [5.41, 5.74) is 9.46. The number of nitrogens with zero attached hydrogens (tertiary/aromatic N) is 4. The lowest BCUT2D eigenvalue weighted by Crippen LogP contribution is -2.12. The fraction of sp³-hybridized carbons (Fsp3) is 0.143. The highest BCUT2D eigenvalue weighted by atomic mass is 16.5. The third-order valence-electron chi connectivity index (χ3n) is 4.92. The number of ether oxygens (including phenoxy) is 1. The van der Waals surface area contributed by atoms with Gasteiger partial charge in [0, 0.05) is 18.3 Å². The number of rotatable bonds is 5. The van der Waals surface area contributed by atoms with Crippen molar-refractivity contribution >= 4 is 17.2 Å². The van der Waals surface area contributed by atoms with E-state index in [4.69, 9.17) is 15.5 Å². The maximum atomic E-state index is 11.7. The zero-order valence-electron chi connectivity index (χ0n) is 15.5. The molecule has 8 heteroatoms. The van der Waals surface area contributed by atoms with Crippen molar-refractivity contribution in [3.8, 4) is 11.6 Å². The van der Waals surface area contributed by atoms with Crippen molar-refractivity contribution in [3.05, 3.63) is 77.2 Å². The predicted octanol–water partition coefficient (Wildman–Crippen LogP) is 2.53. The van der Waals surface area contributed by atoms with Crippen LogP contribution in [0.5, 0.6) is 0 Å². The number of hydrogen-bond acceptors (Lipinski definition) is 6. The number of imidazole rings is 1. The van der Waals surface area contributed by atoms with Crippen LogP contribution in [0.2, 0.25) is 0 Å². The van der Waals surface area contributed by atoms with E-state index in [1.165, 1.54) is 0 Å². The van der Waals surface area contributed by atoms with E-state index in [0.29, 0.717) is 42.5 Å². The maximum absolute atomic E-state index is 11.7. The summed E-state index contributed by atoms with van der Waals surface area (Å²) in [5.74, 6) is 1.23. The molecule has 0 fully saturated rings. The van der Waals surface area contributed by atoms with Gasteiger partial charge in [-0.2, -0.15) is 0 Å². The number of carbonyl (C=O) groups excluding carboxylic acids is 1. The van der Waals surface area contributed by atoms with E-state index < -0.39 is 5.91 Å². The summed E-state index contributed by atoms with van der Waals surface area (Å²) in [6.07, 6.45) is 3.42. The Hall–Kier alpha value is -3.78. The molecule has 1 aromatic carbocycles. The molecule has 0 unspecified atom stereocenters. The highest BCUT2D eigenvalue weighted by Gasteiger charge is 2.22. The first-order valence-electron chi connectivity index (χ1n) is 9.22. The van der Waals surface area contributed by atoms with Gasteiger partial charge in [0.05, 0.1) is 36.2 Å². The van der Waals surface area contributed by atoms with Crippen molar-refractivity contribution in [1.82, 2.24) is 19.4 Å². The molecule has 0 atom stereocenters. The Labute approximate surface area is 166 Å². The average molecular weight is 386 g/mol. The van der Waals surface area contributed by atoms with Crippen molar-refractivity contribution in [2.75, 3.05) is 5.32 Å². The fourth-order valence-corrected chi connectivity index (χ4v) is 3.47. The summed E-state index contributed by atoms with van der Waals surface area (Å²) in [4.78, 5) is 25.6. The van der Waals surface area contributed by atoms with Gasteiger partial charge in [-0.15, -0.1) is 0 Å². The van der Waals surface area contributed by atoms with Crippen molar-refractivity contribution in [2.45, 2.75) is 19.8 Å². The zero-order valence-corrected chi connectivity index (χ0v) is 15.5. The lowest BCUT2D eigenvalue weighted by molar-refractivity contribution is 0.100. The lowest BCUT2D eigenvalue weighted by atomic mass is 10.2. The van der Waals surface area contributed by atoms with E-state index in [1.54, 1.807) is 22.7 Å². The SMILES string of the molecule is NC(=O)c1cccn2c(-c3nc4c(c(NCc5ccccc5)n3)COC4)ncc12. The molecule has 4 aromatic rings. The minimum Gasteiger partial charge on any atom is -0.370 e. The normalized spacial score (nSPS) is 12.8. The number of nitrogens with two attached hydrogens (primary N) is 1. The van der Waals surface area contributed by atoms with Crippen LogP contribution in [0.25, 0.3) is 17.2 Å². The number of amides is 1. The van der Waals surface area contributed by atoms with E-state index in [1.807, 2.05) is 24.4 Å². The van der Waals surface area contributed by atoms with Crippen LogP contribution in [0.3, 0.4) is 0 Å². The van der Waals surface area contributed by atoms with Crippen LogP contribution in [-0.2, 0) is 24.5 Å². The number of benzene rings is 1. The molecule has 0 aliphatic carbocycles. The standard InChI is InChI=1S/C21H18N6O2/c22-18(28)14-7-4-8-27-17(14)10-24-21(27)20-25-16-12-29-11-15(16)19(26-20)23-9-13-5-2-1-3-6-13/h1-8,10H,9,11-12H2,(H2,22,28)(H,23,25,26). The van der Waals surface area contributed by atoms with E-state index in [-0.39, 0.29) is 0 Å². The zero-order chi connectivity index (χ0) is 19.8. The number of nitrogens with one attached hydrogen (secondary N) is 1. The minimum absolute atomic E-state index is 0.401. The second kappa shape index (κ2) is 6.99. The number of pyridine rings is 1. The predicted molar refractivity (Wildman–Crippen MR) is 107 cm³/mol. The minimum atomic E-state index is -0.504. The molecule has 8 nitrogen and oxygen atoms in total. The van der Waals surface area contributed by atoms with Gasteiger partial charge in [-0.1, -0.05) is 30.3 Å². The van der Waals surface area contributed by atoms with Gasteiger partial charge >= 0.3 is 0 Å². The summed E-state index contributed by atoms with van der Waals surface area (Å²) in [6, 6.07) is 13.5. The Kier molecular flexibility index (Phi) is 4.18. The van der Waals surface area contributed by atoms with Gasteiger partial charge < -0.3 is 15.8 Å². The molecule has 5 rings (SSSR count). The summed E-state index contributed by atoms with van der Waals surface area (Å²) >= 11 is 0. The monoisotopic (exact) mass is 386 g/mol. The molecule has 1 amide bonds. The van der Waals surface area contributed by atoms with Gasteiger partial charge in [-0.25, -0.2) is 15.0 Å². The summed E-state index contributed by atoms with van der Waals surface area (Å²) in [5, 5.41) is 3.40. The molecule has 3 N–H and O–H groups in total. The largest absolute Gasteiger partial charge is 0.370 e. The molecule has 29 heavy (non-hydrogen) atoms. The maximum Gasteiger partial charge on any atom is 0.250 e. The van der Waals surface area contributed by atoms with Crippen LogP contribution in [-0.4, -0.2) is 25.3 Å². The molecule has 0 saturated heterocycles. The molecule has 3 aromatic heterocycles. The Morgan fingerprint density at radius 1 is 1.14 bits per heavy atom. The van der Waals surface area contributed by atoms with Gasteiger partial charge in [0.2, 0.25) is 0 Å². The van der Waals surface area contributed by atoms with Crippen LogP contribution in [0.1, 0.15) is 27.2 Å². The van der Waals surface area contributed by atoms with Gasteiger partial charge in [0.15, 0.2) is 11.6 Å². The Morgan fingerprint density at radius 2 is 2.00 bits per heavy atom. The number of fused-ring (bicyclic) bond motifs is 2. The van der Waals surface area contributed by atoms with Crippen molar-refractivity contribution in [2.24, 2.45) is 5.73 Å². The first-order valence-corrected chi connectivity index (χ1v) is 9.22. The Balaban J connectivity index is 1.57. The van der Waals surface area contributed by atoms with Crippen LogP contribution >= 0.6 is 0 Å². The molecule has 0 saturated carbocycles. The van der Waals surface area contributed by atoms with Gasteiger partial charge in [0.1, 0.15) is 5.82 Å². The summed E-state index contributed by atoms with van der Waals surface area (Å²) in [6.45, 7) is 1.54. The van der Waals surface area contributed by atoms with E-state index in [9.17, 15) is 4.79 Å². The third kappa shape index (κ3) is 3.09. The number of anilines is 1. The highest BCUT2D eigenvalue weighted by Crippen LogP contribution is 2.28. The number of carbonyl (C=O) groups is 1. The fourth-order valence-electron chi connectivity index (χ4n) is 3.47. The summed E-state index contributed by atoms with van der Waals surface area (Å²) < 4.78 is 7.36. The lowest BCUT2D eigenvalue weighted by Gasteiger charge is -2.11. The van der Waals surface area contributed by atoms with E-state index in [0.717, 1.165) is 22.6 Å². The molecule has 0 spiro atoms. The average Bonchev–Trinajstić information content (AvgIpc) is 3.39. The molecule has 4 heterocycles. The van der Waals surface area contributed by atoms with Gasteiger partial charge in [-0.05, 0) is 17.7 Å². The topological polar surface area (TPSA) is 107 Å². The van der Waals surface area contributed by atoms with Crippen LogP contribution in [0.15, 0.2) is 54.9 Å². The second-order valence-corrected chi connectivity index (χ2v) is 6.78. The number of aromatic nitrogens is 4. The highest BCUT2D eigenvalue weighted by molar-refractivity contribution is 5.99. The van der Waals surface area contributed by atoms with E-state index >= 15 is 0 Å². The third-order valence-corrected chi connectivity index (χ3v) is 4.92. The molecule has 1 aliphatic heterocycles. The first kappa shape index (κ1) is 17.3. The molecule has 0 bridgehead atoms. The van der Waals surface area contributed by atoms with E-state index in [2.05, 4.69) is 27.4 Å².